The van der Waals surface area contributed by atoms with Gasteiger partial charge in [0.2, 0.25) is 0 Å². The molecule has 28 heavy (non-hydrogen) atoms. The van der Waals surface area contributed by atoms with Gasteiger partial charge < -0.3 is 9.64 Å². The molecule has 0 bridgehead atoms. The van der Waals surface area contributed by atoms with Crippen LogP contribution in [0.2, 0.25) is 5.02 Å². The van der Waals surface area contributed by atoms with Crippen LogP contribution in [0, 0.1) is 6.92 Å². The van der Waals surface area contributed by atoms with Gasteiger partial charge >= 0.3 is 0 Å². The number of hydrogen-bond donors (Lipinski definition) is 0. The van der Waals surface area contributed by atoms with Crippen LogP contribution in [0.25, 0.3) is 16.8 Å². The standard InChI is InChI=1S/C20H22ClN5O2/c1-12(2)17-16(14-5-4-6-15(21)11-14)19-23-22-18(13(3)26(19)24-17)20(27)25-7-9-28-10-8-25/h4-6,11-12H,7-10H2,1-3H3. The summed E-state index contributed by atoms with van der Waals surface area (Å²) in [6.45, 7) is 8.21. The molecule has 1 saturated heterocycles. The second-order valence-corrected chi connectivity index (χ2v) is 7.64. The summed E-state index contributed by atoms with van der Waals surface area (Å²) in [6, 6.07) is 7.62. The third-order valence-electron chi connectivity index (χ3n) is 4.95. The minimum atomic E-state index is -0.138. The van der Waals surface area contributed by atoms with Crippen molar-refractivity contribution in [2.24, 2.45) is 0 Å². The lowest BCUT2D eigenvalue weighted by Crippen LogP contribution is -2.41. The number of amides is 1. The van der Waals surface area contributed by atoms with Crippen molar-refractivity contribution in [3.05, 3.63) is 46.4 Å². The summed E-state index contributed by atoms with van der Waals surface area (Å²) < 4.78 is 7.06. The van der Waals surface area contributed by atoms with Crippen LogP contribution in [-0.2, 0) is 4.74 Å². The monoisotopic (exact) mass is 399 g/mol. The zero-order valence-corrected chi connectivity index (χ0v) is 16.9. The molecule has 0 unspecified atom stereocenters. The SMILES string of the molecule is Cc1c(C(=O)N2CCOCC2)nnc2c(-c3cccc(Cl)c3)c(C(C)C)nn12. The van der Waals surface area contributed by atoms with Gasteiger partial charge in [0.25, 0.3) is 5.91 Å². The number of aryl methyl sites for hydroxylation is 1. The van der Waals surface area contributed by atoms with Crippen LogP contribution in [0.15, 0.2) is 24.3 Å². The third kappa shape index (κ3) is 3.25. The van der Waals surface area contributed by atoms with E-state index >= 15 is 0 Å². The number of carbonyl (C=O) groups excluding carboxylic acids is 1. The van der Waals surface area contributed by atoms with Crippen LogP contribution in [0.1, 0.15) is 41.6 Å². The number of fused-ring (bicyclic) bond motifs is 1. The fraction of sp³-hybridized carbons (Fsp3) is 0.400. The maximum atomic E-state index is 12.9. The summed E-state index contributed by atoms with van der Waals surface area (Å²) in [5, 5.41) is 14.1. The van der Waals surface area contributed by atoms with Crippen molar-refractivity contribution < 1.29 is 9.53 Å². The molecule has 1 fully saturated rings. The van der Waals surface area contributed by atoms with Crippen molar-refractivity contribution in [3.8, 4) is 11.1 Å². The highest BCUT2D eigenvalue weighted by atomic mass is 35.5. The molecule has 1 amide bonds. The Bertz CT molecular complexity index is 1040. The molecule has 0 aliphatic carbocycles. The molecule has 3 aromatic rings. The Morgan fingerprint density at radius 3 is 2.64 bits per heavy atom. The van der Waals surface area contributed by atoms with E-state index in [1.807, 2.05) is 31.2 Å². The van der Waals surface area contributed by atoms with Crippen LogP contribution in [-0.4, -0.2) is 56.9 Å². The second-order valence-electron chi connectivity index (χ2n) is 7.20. The maximum Gasteiger partial charge on any atom is 0.276 e. The molecule has 0 saturated carbocycles. The topological polar surface area (TPSA) is 72.6 Å². The summed E-state index contributed by atoms with van der Waals surface area (Å²) in [7, 11) is 0. The average Bonchev–Trinajstić information content (AvgIpc) is 3.09. The minimum absolute atomic E-state index is 0.138. The highest BCUT2D eigenvalue weighted by molar-refractivity contribution is 6.30. The number of benzene rings is 1. The fourth-order valence-electron chi connectivity index (χ4n) is 3.46. The Hall–Kier alpha value is -2.51. The molecule has 7 nitrogen and oxygen atoms in total. The quantitative estimate of drug-likeness (QED) is 0.675. The normalized spacial score (nSPS) is 14.8. The van der Waals surface area contributed by atoms with E-state index in [0.29, 0.717) is 48.4 Å². The molecule has 146 valence electrons. The lowest BCUT2D eigenvalue weighted by atomic mass is 9.99. The van der Waals surface area contributed by atoms with E-state index in [1.54, 1.807) is 9.42 Å². The molecule has 0 N–H and O–H groups in total. The number of rotatable bonds is 3. The first kappa shape index (κ1) is 18.8. The van der Waals surface area contributed by atoms with E-state index in [1.165, 1.54) is 0 Å². The van der Waals surface area contributed by atoms with Crippen molar-refractivity contribution in [3.63, 3.8) is 0 Å². The van der Waals surface area contributed by atoms with Gasteiger partial charge in [-0.15, -0.1) is 10.2 Å². The Kier molecular flexibility index (Phi) is 5.03. The number of ether oxygens (including phenoxy) is 1. The third-order valence-corrected chi connectivity index (χ3v) is 5.19. The van der Waals surface area contributed by atoms with Crippen molar-refractivity contribution >= 4 is 23.2 Å². The predicted molar refractivity (Wildman–Crippen MR) is 107 cm³/mol. The van der Waals surface area contributed by atoms with E-state index in [0.717, 1.165) is 16.8 Å². The van der Waals surface area contributed by atoms with E-state index in [9.17, 15) is 4.79 Å². The number of carbonyl (C=O) groups is 1. The lowest BCUT2D eigenvalue weighted by molar-refractivity contribution is 0.0297. The molecule has 8 heteroatoms. The molecule has 4 rings (SSSR count). The Labute approximate surface area is 168 Å². The van der Waals surface area contributed by atoms with E-state index < -0.39 is 0 Å². The highest BCUT2D eigenvalue weighted by Crippen LogP contribution is 2.33. The maximum absolute atomic E-state index is 12.9. The van der Waals surface area contributed by atoms with Crippen molar-refractivity contribution in [2.75, 3.05) is 26.3 Å². The van der Waals surface area contributed by atoms with Gasteiger partial charge in [0.05, 0.1) is 30.2 Å². The zero-order valence-electron chi connectivity index (χ0n) is 16.1. The Balaban J connectivity index is 1.86. The largest absolute Gasteiger partial charge is 0.378 e. The zero-order chi connectivity index (χ0) is 19.8. The summed E-state index contributed by atoms with van der Waals surface area (Å²) in [6.07, 6.45) is 0. The molecule has 1 aromatic carbocycles. The van der Waals surface area contributed by atoms with E-state index in [4.69, 9.17) is 21.4 Å². The Morgan fingerprint density at radius 1 is 1.21 bits per heavy atom. The smallest absolute Gasteiger partial charge is 0.276 e. The minimum Gasteiger partial charge on any atom is -0.378 e. The molecular formula is C20H22ClN5O2. The number of nitrogens with zero attached hydrogens (tertiary/aromatic N) is 5. The van der Waals surface area contributed by atoms with Crippen molar-refractivity contribution in [1.82, 2.24) is 24.7 Å². The Morgan fingerprint density at radius 2 is 1.96 bits per heavy atom. The van der Waals surface area contributed by atoms with Gasteiger partial charge in [-0.05, 0) is 30.5 Å². The summed E-state index contributed by atoms with van der Waals surface area (Å²) in [4.78, 5) is 14.7. The second kappa shape index (κ2) is 7.48. The van der Waals surface area contributed by atoms with Gasteiger partial charge in [0.15, 0.2) is 11.3 Å². The first-order chi connectivity index (χ1) is 13.5. The predicted octanol–water partition coefficient (Wildman–Crippen LogP) is 3.35. The van der Waals surface area contributed by atoms with Gasteiger partial charge in [-0.25, -0.2) is 4.52 Å². The summed E-state index contributed by atoms with van der Waals surface area (Å²) in [5.41, 5.74) is 4.37. The van der Waals surface area contributed by atoms with Gasteiger partial charge in [0.1, 0.15) is 0 Å². The molecule has 0 radical (unpaired) electrons. The molecule has 3 heterocycles. The molecule has 2 aromatic heterocycles. The van der Waals surface area contributed by atoms with Gasteiger partial charge in [-0.1, -0.05) is 37.6 Å². The lowest BCUT2D eigenvalue weighted by Gasteiger charge is -2.26. The van der Waals surface area contributed by atoms with Crippen LogP contribution in [0.3, 0.4) is 0 Å². The van der Waals surface area contributed by atoms with E-state index in [-0.39, 0.29) is 11.8 Å². The van der Waals surface area contributed by atoms with E-state index in [2.05, 4.69) is 24.0 Å². The van der Waals surface area contributed by atoms with Gasteiger partial charge in [-0.2, -0.15) is 5.10 Å². The molecule has 1 aliphatic heterocycles. The summed E-state index contributed by atoms with van der Waals surface area (Å²) >= 11 is 6.21. The van der Waals surface area contributed by atoms with Crippen LogP contribution < -0.4 is 0 Å². The number of hydrogen-bond acceptors (Lipinski definition) is 5. The van der Waals surface area contributed by atoms with Crippen molar-refractivity contribution in [2.45, 2.75) is 26.7 Å². The summed E-state index contributed by atoms with van der Waals surface area (Å²) in [5.74, 6) is 0.0366. The molecule has 0 atom stereocenters. The first-order valence-corrected chi connectivity index (χ1v) is 9.74. The molecule has 1 aliphatic rings. The molecule has 0 spiro atoms. The molecular weight excluding hydrogens is 378 g/mol. The highest BCUT2D eigenvalue weighted by Gasteiger charge is 2.26. The number of halogens is 1. The van der Waals surface area contributed by atoms with Crippen LogP contribution in [0.5, 0.6) is 0 Å². The first-order valence-electron chi connectivity index (χ1n) is 9.36. The van der Waals surface area contributed by atoms with Crippen LogP contribution in [0.4, 0.5) is 0 Å². The fourth-order valence-corrected chi connectivity index (χ4v) is 3.65. The van der Waals surface area contributed by atoms with Crippen LogP contribution >= 0.6 is 11.6 Å². The van der Waals surface area contributed by atoms with Gasteiger partial charge in [-0.3, -0.25) is 4.79 Å². The average molecular weight is 400 g/mol. The van der Waals surface area contributed by atoms with Gasteiger partial charge in [0, 0.05) is 18.1 Å². The number of morpholine rings is 1. The van der Waals surface area contributed by atoms with Crippen molar-refractivity contribution in [1.29, 1.82) is 0 Å². The number of aromatic nitrogens is 4.